The number of nitrogens with one attached hydrogen (secondary N) is 2. The zero-order valence-corrected chi connectivity index (χ0v) is 15.2. The van der Waals surface area contributed by atoms with Crippen molar-refractivity contribution in [3.8, 4) is 0 Å². The van der Waals surface area contributed by atoms with Crippen LogP contribution in [0.1, 0.15) is 49.1 Å². The third kappa shape index (κ3) is 4.11. The Hall–Kier alpha value is -2.86. The quantitative estimate of drug-likeness (QED) is 0.667. The molecule has 1 aromatic carbocycles. The first kappa shape index (κ1) is 17.5. The summed E-state index contributed by atoms with van der Waals surface area (Å²) in [5.74, 6) is 1.45. The van der Waals surface area contributed by atoms with Crippen LogP contribution >= 0.6 is 0 Å². The normalized spacial score (nSPS) is 15.7. The van der Waals surface area contributed by atoms with Crippen LogP contribution in [-0.2, 0) is 4.79 Å². The Labute approximate surface area is 158 Å². The fraction of sp³-hybridized carbons (Fsp3) is 0.333. The van der Waals surface area contributed by atoms with Crippen molar-refractivity contribution in [2.75, 3.05) is 11.9 Å². The summed E-state index contributed by atoms with van der Waals surface area (Å²) in [6.07, 6.45) is 8.08. The second-order valence-corrected chi connectivity index (χ2v) is 6.89. The van der Waals surface area contributed by atoms with Gasteiger partial charge in [-0.1, -0.05) is 43.2 Å². The van der Waals surface area contributed by atoms with Crippen molar-refractivity contribution in [2.45, 2.75) is 37.8 Å². The van der Waals surface area contributed by atoms with Crippen molar-refractivity contribution in [1.29, 1.82) is 0 Å². The van der Waals surface area contributed by atoms with Crippen molar-refractivity contribution in [3.05, 3.63) is 72.3 Å². The lowest BCUT2D eigenvalue weighted by Crippen LogP contribution is -2.32. The van der Waals surface area contributed by atoms with E-state index in [9.17, 15) is 4.79 Å². The van der Waals surface area contributed by atoms with Gasteiger partial charge in [-0.15, -0.1) is 0 Å². The van der Waals surface area contributed by atoms with Gasteiger partial charge in [-0.2, -0.15) is 5.10 Å². The van der Waals surface area contributed by atoms with Crippen LogP contribution in [-0.4, -0.2) is 22.2 Å². The molecular weight excluding hydrogens is 340 g/mol. The molecule has 0 saturated heterocycles. The van der Waals surface area contributed by atoms with E-state index in [1.54, 1.807) is 12.5 Å². The van der Waals surface area contributed by atoms with E-state index >= 15 is 0 Å². The number of hydrogen-bond donors (Lipinski definition) is 2. The highest BCUT2D eigenvalue weighted by Gasteiger charge is 2.21. The molecule has 1 saturated carbocycles. The van der Waals surface area contributed by atoms with Gasteiger partial charge in [0, 0.05) is 6.07 Å². The van der Waals surface area contributed by atoms with Gasteiger partial charge in [-0.25, -0.2) is 4.68 Å². The lowest BCUT2D eigenvalue weighted by atomic mass is 10.0. The topological polar surface area (TPSA) is 72.1 Å². The molecule has 0 radical (unpaired) electrons. The average Bonchev–Trinajstić information content (AvgIpc) is 3.45. The predicted octanol–water partition coefficient (Wildman–Crippen LogP) is 3.91. The SMILES string of the molecule is O=C(CN[C@H](c1ccccc1)c1ccco1)Nc1ccnn1C1CCCC1. The highest BCUT2D eigenvalue weighted by molar-refractivity contribution is 5.91. The van der Waals surface area contributed by atoms with E-state index in [2.05, 4.69) is 15.7 Å². The molecule has 0 spiro atoms. The van der Waals surface area contributed by atoms with Crippen molar-refractivity contribution in [2.24, 2.45) is 0 Å². The van der Waals surface area contributed by atoms with Crippen LogP contribution in [0.2, 0.25) is 0 Å². The summed E-state index contributed by atoms with van der Waals surface area (Å²) in [6, 6.07) is 15.8. The number of benzene rings is 1. The van der Waals surface area contributed by atoms with Crippen molar-refractivity contribution in [1.82, 2.24) is 15.1 Å². The fourth-order valence-electron chi connectivity index (χ4n) is 3.72. The Morgan fingerprint density at radius 1 is 1.15 bits per heavy atom. The Kier molecular flexibility index (Phi) is 5.34. The minimum atomic E-state index is -0.174. The lowest BCUT2D eigenvalue weighted by Gasteiger charge is -2.18. The molecular formula is C21H24N4O2. The number of nitrogens with zero attached hydrogens (tertiary/aromatic N) is 2. The van der Waals surface area contributed by atoms with Crippen LogP contribution in [0.15, 0.2) is 65.4 Å². The van der Waals surface area contributed by atoms with Crippen molar-refractivity contribution >= 4 is 11.7 Å². The zero-order valence-electron chi connectivity index (χ0n) is 15.2. The van der Waals surface area contributed by atoms with Gasteiger partial charge in [0.05, 0.1) is 31.1 Å². The number of rotatable bonds is 7. The summed E-state index contributed by atoms with van der Waals surface area (Å²) in [5, 5.41) is 10.7. The molecule has 2 heterocycles. The van der Waals surface area contributed by atoms with Crippen LogP contribution in [0.5, 0.6) is 0 Å². The number of carbonyl (C=O) groups excluding carboxylic acids is 1. The van der Waals surface area contributed by atoms with E-state index in [1.165, 1.54) is 12.8 Å². The molecule has 1 atom stereocenters. The standard InChI is InChI=1S/C21H24N4O2/c26-20(24-19-12-13-23-25(19)17-9-4-5-10-17)15-22-21(18-11-6-14-27-18)16-7-2-1-3-8-16/h1-3,6-8,11-14,17,21-22H,4-5,9-10,15H2,(H,24,26)/t21-/m1/s1. The largest absolute Gasteiger partial charge is 0.467 e. The third-order valence-corrected chi connectivity index (χ3v) is 5.04. The first-order chi connectivity index (χ1) is 13.3. The summed E-state index contributed by atoms with van der Waals surface area (Å²) in [6.45, 7) is 0.177. The zero-order chi connectivity index (χ0) is 18.5. The summed E-state index contributed by atoms with van der Waals surface area (Å²) < 4.78 is 7.52. The van der Waals surface area contributed by atoms with E-state index in [1.807, 2.05) is 53.2 Å². The number of carbonyl (C=O) groups is 1. The summed E-state index contributed by atoms with van der Waals surface area (Å²) in [5.41, 5.74) is 1.05. The first-order valence-electron chi connectivity index (χ1n) is 9.46. The molecule has 1 aliphatic rings. The number of anilines is 1. The average molecular weight is 364 g/mol. The predicted molar refractivity (Wildman–Crippen MR) is 103 cm³/mol. The van der Waals surface area contributed by atoms with Crippen LogP contribution < -0.4 is 10.6 Å². The fourth-order valence-corrected chi connectivity index (χ4v) is 3.72. The molecule has 0 bridgehead atoms. The molecule has 0 aliphatic heterocycles. The van der Waals surface area contributed by atoms with Gasteiger partial charge < -0.3 is 9.73 Å². The molecule has 4 rings (SSSR count). The van der Waals surface area contributed by atoms with Gasteiger partial charge in [0.1, 0.15) is 11.6 Å². The Morgan fingerprint density at radius 2 is 1.96 bits per heavy atom. The van der Waals surface area contributed by atoms with Gasteiger partial charge in [0.15, 0.2) is 0 Å². The van der Waals surface area contributed by atoms with Crippen LogP contribution in [0.4, 0.5) is 5.82 Å². The summed E-state index contributed by atoms with van der Waals surface area (Å²) in [4.78, 5) is 12.5. The molecule has 0 unspecified atom stereocenters. The molecule has 6 heteroatoms. The second kappa shape index (κ2) is 8.22. The molecule has 1 amide bonds. The summed E-state index contributed by atoms with van der Waals surface area (Å²) in [7, 11) is 0. The van der Waals surface area contributed by atoms with E-state index in [0.717, 1.165) is 30.0 Å². The van der Waals surface area contributed by atoms with E-state index in [-0.39, 0.29) is 18.5 Å². The monoisotopic (exact) mass is 364 g/mol. The van der Waals surface area contributed by atoms with Gasteiger partial charge in [-0.05, 0) is 30.5 Å². The molecule has 2 aromatic heterocycles. The van der Waals surface area contributed by atoms with E-state index in [4.69, 9.17) is 4.42 Å². The van der Waals surface area contributed by atoms with Crippen LogP contribution in [0.25, 0.3) is 0 Å². The highest BCUT2D eigenvalue weighted by atomic mass is 16.3. The highest BCUT2D eigenvalue weighted by Crippen LogP contribution is 2.31. The van der Waals surface area contributed by atoms with E-state index in [0.29, 0.717) is 6.04 Å². The molecule has 1 fully saturated rings. The molecule has 27 heavy (non-hydrogen) atoms. The van der Waals surface area contributed by atoms with Gasteiger partial charge in [0.2, 0.25) is 5.91 Å². The number of furan rings is 1. The van der Waals surface area contributed by atoms with Gasteiger partial charge in [-0.3, -0.25) is 10.1 Å². The number of amides is 1. The van der Waals surface area contributed by atoms with E-state index < -0.39 is 0 Å². The maximum absolute atomic E-state index is 12.5. The van der Waals surface area contributed by atoms with Crippen molar-refractivity contribution in [3.63, 3.8) is 0 Å². The smallest absolute Gasteiger partial charge is 0.239 e. The summed E-state index contributed by atoms with van der Waals surface area (Å²) >= 11 is 0. The lowest BCUT2D eigenvalue weighted by molar-refractivity contribution is -0.115. The molecule has 6 nitrogen and oxygen atoms in total. The Balaban J connectivity index is 1.41. The Bertz CT molecular complexity index is 851. The van der Waals surface area contributed by atoms with Gasteiger partial charge in [0.25, 0.3) is 0 Å². The minimum Gasteiger partial charge on any atom is -0.467 e. The van der Waals surface area contributed by atoms with Gasteiger partial charge >= 0.3 is 0 Å². The first-order valence-corrected chi connectivity index (χ1v) is 9.46. The third-order valence-electron chi connectivity index (χ3n) is 5.04. The second-order valence-electron chi connectivity index (χ2n) is 6.89. The minimum absolute atomic E-state index is 0.0952. The maximum atomic E-state index is 12.5. The van der Waals surface area contributed by atoms with Crippen LogP contribution in [0, 0.1) is 0 Å². The molecule has 1 aliphatic carbocycles. The molecule has 2 N–H and O–H groups in total. The molecule has 3 aromatic rings. The Morgan fingerprint density at radius 3 is 2.70 bits per heavy atom. The maximum Gasteiger partial charge on any atom is 0.239 e. The number of hydrogen-bond acceptors (Lipinski definition) is 4. The van der Waals surface area contributed by atoms with Crippen LogP contribution in [0.3, 0.4) is 0 Å². The molecule has 140 valence electrons. The number of aromatic nitrogens is 2. The van der Waals surface area contributed by atoms with Crippen molar-refractivity contribution < 1.29 is 9.21 Å².